The van der Waals surface area contributed by atoms with E-state index in [2.05, 4.69) is 10.8 Å². The molecule has 0 saturated heterocycles. The number of benzene rings is 3. The first-order valence-electron chi connectivity index (χ1n) is 13.7. The van der Waals surface area contributed by atoms with E-state index >= 15 is 0 Å². The number of hydrogen-bond donors (Lipinski definition) is 5. The van der Waals surface area contributed by atoms with Crippen LogP contribution in [0.5, 0.6) is 11.5 Å². The minimum atomic E-state index is -0.902. The highest BCUT2D eigenvalue weighted by Gasteiger charge is 2.49. The summed E-state index contributed by atoms with van der Waals surface area (Å²) in [5.41, 5.74) is 4.80. The maximum Gasteiger partial charge on any atom is 0.255 e. The van der Waals surface area contributed by atoms with Crippen LogP contribution in [0.2, 0.25) is 0 Å². The van der Waals surface area contributed by atoms with Crippen LogP contribution in [0.1, 0.15) is 64.7 Å². The Kier molecular flexibility index (Phi) is 8.64. The number of phenols is 2. The summed E-state index contributed by atoms with van der Waals surface area (Å²) in [6, 6.07) is 19.5. The van der Waals surface area contributed by atoms with E-state index in [1.54, 1.807) is 35.2 Å². The number of amides is 2. The van der Waals surface area contributed by atoms with Gasteiger partial charge in [-0.1, -0.05) is 61.4 Å². The van der Waals surface area contributed by atoms with Gasteiger partial charge in [-0.3, -0.25) is 14.4 Å². The van der Waals surface area contributed by atoms with Gasteiger partial charge in [0.25, 0.3) is 11.8 Å². The topological polar surface area (TPSA) is 131 Å². The smallest absolute Gasteiger partial charge is 0.255 e. The van der Waals surface area contributed by atoms with Crippen molar-refractivity contribution in [1.82, 2.24) is 15.7 Å². The third kappa shape index (κ3) is 5.67. The lowest BCUT2D eigenvalue weighted by Gasteiger charge is -2.49. The average Bonchev–Trinajstić information content (AvgIpc) is 2.97. The number of carbonyl (C=O) groups is 2. The molecule has 3 aromatic rings. The second kappa shape index (κ2) is 12.5. The Labute approximate surface area is 233 Å². The van der Waals surface area contributed by atoms with Crippen molar-refractivity contribution in [2.24, 2.45) is 0 Å². The first kappa shape index (κ1) is 27.6. The molecule has 1 saturated carbocycles. The van der Waals surface area contributed by atoms with E-state index in [9.17, 15) is 24.9 Å². The van der Waals surface area contributed by atoms with E-state index in [-0.39, 0.29) is 42.7 Å². The third-order valence-corrected chi connectivity index (χ3v) is 7.85. The second-order valence-electron chi connectivity index (χ2n) is 10.3. The van der Waals surface area contributed by atoms with Gasteiger partial charge in [0, 0.05) is 35.8 Å². The van der Waals surface area contributed by atoms with Gasteiger partial charge in [0.1, 0.15) is 11.5 Å². The van der Waals surface area contributed by atoms with Crippen molar-refractivity contribution >= 4 is 11.8 Å². The van der Waals surface area contributed by atoms with Crippen molar-refractivity contribution in [3.05, 3.63) is 95.1 Å². The number of fused-ring (bicyclic) bond motifs is 1. The molecule has 0 aromatic heterocycles. The number of rotatable bonds is 9. The Morgan fingerprint density at radius 2 is 1.70 bits per heavy atom. The molecule has 4 unspecified atom stereocenters. The van der Waals surface area contributed by atoms with E-state index in [4.69, 9.17) is 4.84 Å². The quantitative estimate of drug-likeness (QED) is 0.260. The van der Waals surface area contributed by atoms with Crippen LogP contribution in [0.15, 0.2) is 72.8 Å². The van der Waals surface area contributed by atoms with Crippen molar-refractivity contribution in [2.75, 3.05) is 13.2 Å². The molecule has 0 spiro atoms. The van der Waals surface area contributed by atoms with Crippen molar-refractivity contribution < 1.29 is 29.7 Å². The highest BCUT2D eigenvalue weighted by atomic mass is 16.6. The minimum Gasteiger partial charge on any atom is -0.508 e. The summed E-state index contributed by atoms with van der Waals surface area (Å²) >= 11 is 0. The monoisotopic (exact) mass is 545 g/mol. The van der Waals surface area contributed by atoms with Crippen LogP contribution in [0.4, 0.5) is 0 Å². The molecule has 40 heavy (non-hydrogen) atoms. The Hall–Kier alpha value is -3.92. The van der Waals surface area contributed by atoms with Crippen molar-refractivity contribution in [3.63, 3.8) is 0 Å². The molecule has 4 atom stereocenters. The fraction of sp³-hybridized carbons (Fsp3) is 0.355. The Balaban J connectivity index is 1.57. The second-order valence-corrected chi connectivity index (χ2v) is 10.3. The van der Waals surface area contributed by atoms with Crippen molar-refractivity contribution in [2.45, 2.75) is 56.3 Å². The summed E-state index contributed by atoms with van der Waals surface area (Å²) in [5.74, 6) is -1.91. The summed E-state index contributed by atoms with van der Waals surface area (Å²) in [5, 5.41) is 33.9. The number of nitrogens with one attached hydrogen (secondary N) is 2. The Bertz CT molecular complexity index is 1330. The number of aromatic hydroxyl groups is 2. The molecule has 0 bridgehead atoms. The number of nitrogens with zero attached hydrogens (tertiary/aromatic N) is 1. The van der Waals surface area contributed by atoms with E-state index in [0.29, 0.717) is 29.7 Å². The van der Waals surface area contributed by atoms with Crippen molar-refractivity contribution in [1.29, 1.82) is 0 Å². The van der Waals surface area contributed by atoms with Gasteiger partial charge in [-0.2, -0.15) is 0 Å². The summed E-state index contributed by atoms with van der Waals surface area (Å²) in [6.45, 7) is 0.507. The van der Waals surface area contributed by atoms with Crippen molar-refractivity contribution in [3.8, 4) is 11.5 Å². The SMILES string of the molecule is O=C(NOCc1ccccc1)C1c2ccccc2C(=O)N(C2CCCCC2NCCO)C1c1ccc(O)cc1O. The van der Waals surface area contributed by atoms with Crippen LogP contribution in [-0.4, -0.2) is 57.3 Å². The van der Waals surface area contributed by atoms with E-state index in [1.807, 2.05) is 30.3 Å². The van der Waals surface area contributed by atoms with Gasteiger partial charge in [-0.15, -0.1) is 0 Å². The number of hydrogen-bond acceptors (Lipinski definition) is 7. The molecular weight excluding hydrogens is 510 g/mol. The van der Waals surface area contributed by atoms with Crippen LogP contribution < -0.4 is 10.8 Å². The maximum atomic E-state index is 14.2. The van der Waals surface area contributed by atoms with Gasteiger partial charge < -0.3 is 25.5 Å². The predicted octanol–water partition coefficient (Wildman–Crippen LogP) is 3.52. The highest BCUT2D eigenvalue weighted by Crippen LogP contribution is 2.48. The summed E-state index contributed by atoms with van der Waals surface area (Å²) in [6.07, 6.45) is 3.38. The lowest BCUT2D eigenvalue weighted by Crippen LogP contribution is -2.58. The molecule has 1 aliphatic heterocycles. The van der Waals surface area contributed by atoms with Crippen LogP contribution in [0.25, 0.3) is 0 Å². The maximum absolute atomic E-state index is 14.2. The van der Waals surface area contributed by atoms with Crippen LogP contribution in [0, 0.1) is 0 Å². The number of hydroxylamine groups is 1. The predicted molar refractivity (Wildman–Crippen MR) is 148 cm³/mol. The molecule has 5 N–H and O–H groups in total. The first-order valence-corrected chi connectivity index (χ1v) is 13.7. The van der Waals surface area contributed by atoms with Crippen LogP contribution in [0.3, 0.4) is 0 Å². The fourth-order valence-electron chi connectivity index (χ4n) is 6.07. The molecule has 9 nitrogen and oxygen atoms in total. The molecule has 210 valence electrons. The number of aliphatic hydroxyl groups excluding tert-OH is 1. The molecule has 0 radical (unpaired) electrons. The zero-order valence-electron chi connectivity index (χ0n) is 22.2. The highest BCUT2D eigenvalue weighted by molar-refractivity contribution is 6.01. The minimum absolute atomic E-state index is 0.0358. The molecule has 2 aliphatic rings. The summed E-state index contributed by atoms with van der Waals surface area (Å²) in [4.78, 5) is 35.5. The molecule has 9 heteroatoms. The normalized spacial score (nSPS) is 22.5. The van der Waals surface area contributed by atoms with E-state index < -0.39 is 17.9 Å². The third-order valence-electron chi connectivity index (χ3n) is 7.85. The number of carbonyl (C=O) groups excluding carboxylic acids is 2. The average molecular weight is 546 g/mol. The van der Waals surface area contributed by atoms with Gasteiger partial charge in [0.05, 0.1) is 25.2 Å². The Morgan fingerprint density at radius 1 is 0.950 bits per heavy atom. The fourth-order valence-corrected chi connectivity index (χ4v) is 6.07. The lowest BCUT2D eigenvalue weighted by molar-refractivity contribution is -0.138. The standard InChI is InChI=1S/C31H35N3O6/c35-17-16-32-25-12-6-7-13-26(25)34-29(24-15-14-21(36)18-27(24)37)28(22-10-4-5-11-23(22)31(34)39)30(38)33-40-19-20-8-2-1-3-9-20/h1-5,8-11,14-15,18,25-26,28-29,32,35-37H,6-7,12-13,16-17,19H2,(H,33,38). The lowest BCUT2D eigenvalue weighted by atomic mass is 9.76. The molecule has 5 rings (SSSR count). The van der Waals surface area contributed by atoms with Gasteiger partial charge in [0.15, 0.2) is 0 Å². The Morgan fingerprint density at radius 3 is 2.48 bits per heavy atom. The molecule has 2 amide bonds. The van der Waals surface area contributed by atoms with Gasteiger partial charge in [0.2, 0.25) is 0 Å². The largest absolute Gasteiger partial charge is 0.508 e. The molecule has 3 aromatic carbocycles. The zero-order chi connectivity index (χ0) is 28.1. The molecule has 1 heterocycles. The van der Waals surface area contributed by atoms with Gasteiger partial charge in [-0.05, 0) is 42.2 Å². The molecular formula is C31H35N3O6. The van der Waals surface area contributed by atoms with Crippen LogP contribution >= 0.6 is 0 Å². The van der Waals surface area contributed by atoms with Crippen LogP contribution in [-0.2, 0) is 16.2 Å². The number of phenolic OH excluding ortho intramolecular Hbond substituents is 2. The first-order chi connectivity index (χ1) is 19.5. The number of aliphatic hydroxyl groups is 1. The summed E-state index contributed by atoms with van der Waals surface area (Å²) < 4.78 is 0. The molecule has 1 fully saturated rings. The van der Waals surface area contributed by atoms with E-state index in [1.165, 1.54) is 12.1 Å². The van der Waals surface area contributed by atoms with E-state index in [0.717, 1.165) is 24.8 Å². The summed E-state index contributed by atoms with van der Waals surface area (Å²) in [7, 11) is 0. The molecule has 1 aliphatic carbocycles. The zero-order valence-corrected chi connectivity index (χ0v) is 22.2. The van der Waals surface area contributed by atoms with Gasteiger partial charge >= 0.3 is 0 Å². The van der Waals surface area contributed by atoms with Gasteiger partial charge in [-0.25, -0.2) is 5.48 Å².